The topological polar surface area (TPSA) is 59.9 Å². The highest BCUT2D eigenvalue weighted by Gasteiger charge is 2.08. The van der Waals surface area contributed by atoms with Gasteiger partial charge in [0, 0.05) is 16.1 Å². The van der Waals surface area contributed by atoms with Crippen LogP contribution in [0, 0.1) is 5.82 Å². The number of nitrogens with one attached hydrogen (secondary N) is 1. The van der Waals surface area contributed by atoms with Crippen LogP contribution in [-0.2, 0) is 6.61 Å². The van der Waals surface area contributed by atoms with Gasteiger partial charge in [-0.2, -0.15) is 5.10 Å². The summed E-state index contributed by atoms with van der Waals surface area (Å²) in [5, 5.41) is 4.50. The number of carbonyl (C=O) groups is 1. The monoisotopic (exact) mass is 412 g/mol. The predicted octanol–water partition coefficient (Wildman–Crippen LogP) is 4.83. The van der Waals surface area contributed by atoms with Crippen LogP contribution >= 0.6 is 11.6 Å². The van der Waals surface area contributed by atoms with E-state index in [4.69, 9.17) is 21.1 Å². The van der Waals surface area contributed by atoms with Crippen molar-refractivity contribution in [2.24, 2.45) is 5.10 Å². The molecular weight excluding hydrogens is 395 g/mol. The van der Waals surface area contributed by atoms with Gasteiger partial charge in [0.15, 0.2) is 11.5 Å². The third-order valence-corrected chi connectivity index (χ3v) is 4.27. The molecule has 0 spiro atoms. The Hall–Kier alpha value is -3.38. The van der Waals surface area contributed by atoms with Crippen LogP contribution in [0.2, 0.25) is 5.02 Å². The molecule has 0 saturated heterocycles. The summed E-state index contributed by atoms with van der Waals surface area (Å²) in [7, 11) is 1.51. The van der Waals surface area contributed by atoms with Crippen molar-refractivity contribution in [1.29, 1.82) is 0 Å². The van der Waals surface area contributed by atoms with Crippen LogP contribution in [0.5, 0.6) is 11.5 Å². The fourth-order valence-corrected chi connectivity index (χ4v) is 2.61. The maximum atomic E-state index is 13.7. The second-order valence-electron chi connectivity index (χ2n) is 6.00. The first-order valence-electron chi connectivity index (χ1n) is 8.70. The molecule has 0 unspecified atom stereocenters. The van der Waals surface area contributed by atoms with Crippen molar-refractivity contribution < 1.29 is 18.7 Å². The number of amides is 1. The zero-order chi connectivity index (χ0) is 20.6. The molecule has 5 nitrogen and oxygen atoms in total. The number of hydrazone groups is 1. The lowest BCUT2D eigenvalue weighted by Gasteiger charge is -2.11. The van der Waals surface area contributed by atoms with Crippen molar-refractivity contribution in [3.8, 4) is 11.5 Å². The number of methoxy groups -OCH3 is 1. The first-order chi connectivity index (χ1) is 14.1. The smallest absolute Gasteiger partial charge is 0.271 e. The molecule has 3 aromatic rings. The van der Waals surface area contributed by atoms with E-state index >= 15 is 0 Å². The average Bonchev–Trinajstić information content (AvgIpc) is 2.74. The minimum atomic E-state index is -0.352. The lowest BCUT2D eigenvalue weighted by Crippen LogP contribution is -2.17. The van der Waals surface area contributed by atoms with Gasteiger partial charge in [-0.3, -0.25) is 4.79 Å². The van der Waals surface area contributed by atoms with E-state index in [1.807, 2.05) is 0 Å². The number of carbonyl (C=O) groups excluding carboxylic acids is 1. The van der Waals surface area contributed by atoms with Crippen molar-refractivity contribution >= 4 is 23.7 Å². The van der Waals surface area contributed by atoms with Gasteiger partial charge in [0.2, 0.25) is 0 Å². The van der Waals surface area contributed by atoms with Crippen molar-refractivity contribution in [3.63, 3.8) is 0 Å². The van der Waals surface area contributed by atoms with Gasteiger partial charge in [-0.1, -0.05) is 29.8 Å². The molecule has 7 heteroatoms. The Balaban J connectivity index is 1.63. The Morgan fingerprint density at radius 1 is 1.10 bits per heavy atom. The van der Waals surface area contributed by atoms with Gasteiger partial charge in [0.1, 0.15) is 12.4 Å². The number of hydrogen-bond acceptors (Lipinski definition) is 4. The predicted molar refractivity (Wildman–Crippen MR) is 110 cm³/mol. The van der Waals surface area contributed by atoms with Crippen molar-refractivity contribution in [1.82, 2.24) is 5.43 Å². The summed E-state index contributed by atoms with van der Waals surface area (Å²) in [4.78, 5) is 12.0. The van der Waals surface area contributed by atoms with Crippen molar-refractivity contribution in [2.75, 3.05) is 7.11 Å². The van der Waals surface area contributed by atoms with Crippen LogP contribution in [0.25, 0.3) is 0 Å². The summed E-state index contributed by atoms with van der Waals surface area (Å²) in [5.74, 6) is 0.258. The number of nitrogens with zero attached hydrogens (tertiary/aromatic N) is 1. The quantitative estimate of drug-likeness (QED) is 0.446. The Morgan fingerprint density at radius 2 is 1.86 bits per heavy atom. The Morgan fingerprint density at radius 3 is 2.59 bits per heavy atom. The summed E-state index contributed by atoms with van der Waals surface area (Å²) in [6.45, 7) is 0.0770. The van der Waals surface area contributed by atoms with Gasteiger partial charge >= 0.3 is 0 Å². The molecule has 0 heterocycles. The molecule has 0 atom stereocenters. The maximum Gasteiger partial charge on any atom is 0.271 e. The van der Waals surface area contributed by atoms with Crippen molar-refractivity contribution in [3.05, 3.63) is 94.3 Å². The third kappa shape index (κ3) is 5.56. The zero-order valence-corrected chi connectivity index (χ0v) is 16.3. The van der Waals surface area contributed by atoms with Crippen LogP contribution in [0.4, 0.5) is 4.39 Å². The van der Waals surface area contributed by atoms with Gasteiger partial charge < -0.3 is 9.47 Å². The number of rotatable bonds is 7. The van der Waals surface area contributed by atoms with Crippen LogP contribution in [-0.4, -0.2) is 19.2 Å². The summed E-state index contributed by atoms with van der Waals surface area (Å²) < 4.78 is 24.7. The van der Waals surface area contributed by atoms with Gasteiger partial charge in [0.25, 0.3) is 5.91 Å². The second-order valence-corrected chi connectivity index (χ2v) is 6.43. The first-order valence-corrected chi connectivity index (χ1v) is 9.08. The highest BCUT2D eigenvalue weighted by molar-refractivity contribution is 6.30. The number of halogens is 2. The number of benzene rings is 3. The van der Waals surface area contributed by atoms with E-state index in [1.54, 1.807) is 60.7 Å². The summed E-state index contributed by atoms with van der Waals surface area (Å²) in [5.41, 5.74) is 4.03. The van der Waals surface area contributed by atoms with E-state index in [2.05, 4.69) is 10.5 Å². The number of ether oxygens (including phenoxy) is 2. The molecule has 29 heavy (non-hydrogen) atoms. The van der Waals surface area contributed by atoms with Crippen LogP contribution < -0.4 is 14.9 Å². The van der Waals surface area contributed by atoms with Gasteiger partial charge in [-0.15, -0.1) is 0 Å². The van der Waals surface area contributed by atoms with Gasteiger partial charge in [-0.25, -0.2) is 9.82 Å². The van der Waals surface area contributed by atoms with Crippen LogP contribution in [0.15, 0.2) is 71.8 Å². The summed E-state index contributed by atoms with van der Waals surface area (Å²) in [6.07, 6.45) is 1.48. The molecule has 0 bridgehead atoms. The third-order valence-electron chi connectivity index (χ3n) is 4.01. The van der Waals surface area contributed by atoms with E-state index in [0.717, 1.165) is 0 Å². The number of hydrogen-bond donors (Lipinski definition) is 1. The van der Waals surface area contributed by atoms with Gasteiger partial charge in [0.05, 0.1) is 13.3 Å². The normalized spacial score (nSPS) is 10.7. The molecule has 1 amide bonds. The highest BCUT2D eigenvalue weighted by Crippen LogP contribution is 2.28. The molecular formula is C22H18ClFN2O3. The van der Waals surface area contributed by atoms with E-state index in [1.165, 1.54) is 19.4 Å². The maximum absolute atomic E-state index is 13.7. The standard InChI is InChI=1S/C22H18ClFN2O3/c1-28-21-12-15(13-25-26-22(27)16-7-9-18(23)10-8-16)6-11-20(21)29-14-17-4-2-3-5-19(17)24/h2-13H,14H2,1H3,(H,26,27)/b25-13-. The van der Waals surface area contributed by atoms with Gasteiger partial charge in [-0.05, 0) is 54.1 Å². The molecule has 3 rings (SSSR count). The van der Waals surface area contributed by atoms with E-state index in [9.17, 15) is 9.18 Å². The lowest BCUT2D eigenvalue weighted by molar-refractivity contribution is 0.0955. The van der Waals surface area contributed by atoms with E-state index < -0.39 is 0 Å². The van der Waals surface area contributed by atoms with Crippen LogP contribution in [0.3, 0.4) is 0 Å². The fraction of sp³-hybridized carbons (Fsp3) is 0.0909. The lowest BCUT2D eigenvalue weighted by atomic mass is 10.2. The minimum Gasteiger partial charge on any atom is -0.493 e. The molecule has 0 fully saturated rings. The minimum absolute atomic E-state index is 0.0770. The molecule has 0 aliphatic carbocycles. The molecule has 0 saturated carbocycles. The highest BCUT2D eigenvalue weighted by atomic mass is 35.5. The SMILES string of the molecule is COc1cc(/C=N\NC(=O)c2ccc(Cl)cc2)ccc1OCc1ccccc1F. The molecule has 1 N–H and O–H groups in total. The van der Waals surface area contributed by atoms with E-state index in [-0.39, 0.29) is 18.3 Å². The first kappa shape index (κ1) is 20.4. The van der Waals surface area contributed by atoms with E-state index in [0.29, 0.717) is 33.2 Å². The fourth-order valence-electron chi connectivity index (χ4n) is 2.49. The Labute approximate surface area is 172 Å². The van der Waals surface area contributed by atoms with Crippen molar-refractivity contribution in [2.45, 2.75) is 6.61 Å². The molecule has 3 aromatic carbocycles. The molecule has 0 aromatic heterocycles. The summed E-state index contributed by atoms with van der Waals surface area (Å²) >= 11 is 5.81. The Bertz CT molecular complexity index is 1020. The average molecular weight is 413 g/mol. The zero-order valence-electron chi connectivity index (χ0n) is 15.6. The largest absolute Gasteiger partial charge is 0.493 e. The molecule has 0 aliphatic heterocycles. The summed E-state index contributed by atoms with van der Waals surface area (Å²) in [6, 6.07) is 18.0. The molecule has 0 radical (unpaired) electrons. The molecule has 148 valence electrons. The molecule has 0 aliphatic rings. The Kier molecular flexibility index (Phi) is 6.81. The van der Waals surface area contributed by atoms with Crippen LogP contribution in [0.1, 0.15) is 21.5 Å². The second kappa shape index (κ2) is 9.71.